The number of nitrogens with two attached hydrogens (primary N) is 2. The fourth-order valence-electron chi connectivity index (χ4n) is 3.39. The number of urea groups is 1. The van der Waals surface area contributed by atoms with Gasteiger partial charge in [0.1, 0.15) is 12.4 Å². The van der Waals surface area contributed by atoms with E-state index < -0.39 is 0 Å². The van der Waals surface area contributed by atoms with Crippen molar-refractivity contribution in [3.05, 3.63) is 35.9 Å². The minimum absolute atomic E-state index is 0.0464. The highest BCUT2D eigenvalue weighted by Gasteiger charge is 2.46. The van der Waals surface area contributed by atoms with Crippen LogP contribution in [-0.2, 0) is 16.2 Å². The zero-order chi connectivity index (χ0) is 18.5. The number of primary amides is 1. The molecule has 8 heteroatoms. The molecule has 2 atom stereocenters. The minimum atomic E-state index is -0.347. The van der Waals surface area contributed by atoms with Crippen molar-refractivity contribution in [2.75, 3.05) is 13.1 Å². The number of amides is 3. The molecule has 2 saturated heterocycles. The molecule has 1 aromatic carbocycles. The van der Waals surface area contributed by atoms with Crippen molar-refractivity contribution in [1.82, 2.24) is 9.96 Å². The number of aliphatic imine (C=N–C) groups is 1. The molecule has 0 unspecified atom stereocenters. The summed E-state index contributed by atoms with van der Waals surface area (Å²) < 4.78 is 0. The Bertz CT molecular complexity index is 679. The van der Waals surface area contributed by atoms with Crippen LogP contribution in [0.1, 0.15) is 31.2 Å². The van der Waals surface area contributed by atoms with Crippen molar-refractivity contribution < 1.29 is 14.4 Å². The van der Waals surface area contributed by atoms with Crippen molar-refractivity contribution in [3.63, 3.8) is 0 Å². The Morgan fingerprint density at radius 1 is 1.23 bits per heavy atom. The average molecular weight is 359 g/mol. The van der Waals surface area contributed by atoms with Gasteiger partial charge in [0.25, 0.3) is 0 Å². The topological polar surface area (TPSA) is 114 Å². The fourth-order valence-corrected chi connectivity index (χ4v) is 3.39. The van der Waals surface area contributed by atoms with Crippen molar-refractivity contribution in [2.24, 2.45) is 16.5 Å². The largest absolute Gasteiger partial charge is 0.386 e. The van der Waals surface area contributed by atoms with E-state index in [2.05, 4.69) is 4.99 Å². The van der Waals surface area contributed by atoms with Gasteiger partial charge in [-0.3, -0.25) is 14.6 Å². The first kappa shape index (κ1) is 18.2. The lowest BCUT2D eigenvalue weighted by Crippen LogP contribution is -2.48. The lowest BCUT2D eigenvalue weighted by molar-refractivity contribution is -0.140. The molecule has 2 aliphatic heterocycles. The Hall–Kier alpha value is -2.61. The number of hydrogen-bond donors (Lipinski definition) is 2. The number of nitrogens with zero attached hydrogens (tertiary/aromatic N) is 3. The maximum absolute atomic E-state index is 12.7. The molecule has 4 N–H and O–H groups in total. The molecule has 0 spiro atoms. The van der Waals surface area contributed by atoms with E-state index in [4.69, 9.17) is 16.3 Å². The molecule has 1 aromatic rings. The first-order chi connectivity index (χ1) is 12.6. The van der Waals surface area contributed by atoms with Crippen LogP contribution in [0.25, 0.3) is 0 Å². The van der Waals surface area contributed by atoms with E-state index >= 15 is 0 Å². The summed E-state index contributed by atoms with van der Waals surface area (Å²) in [5, 5.41) is 1.48. The molecule has 3 amide bonds. The predicted octanol–water partition coefficient (Wildman–Crippen LogP) is 1.01. The lowest BCUT2D eigenvalue weighted by atomic mass is 10.0. The fraction of sp³-hybridized carbons (Fsp3) is 0.500. The number of carbonyl (C=O) groups is 2. The van der Waals surface area contributed by atoms with E-state index in [1.54, 1.807) is 4.90 Å². The van der Waals surface area contributed by atoms with Gasteiger partial charge in [0.2, 0.25) is 5.91 Å². The average Bonchev–Trinajstić information content (AvgIpc) is 2.88. The second-order valence-electron chi connectivity index (χ2n) is 6.64. The van der Waals surface area contributed by atoms with Crippen molar-refractivity contribution in [3.8, 4) is 0 Å². The Kier molecular flexibility index (Phi) is 5.72. The normalized spacial score (nSPS) is 22.8. The maximum atomic E-state index is 12.7. The molecule has 8 nitrogen and oxygen atoms in total. The van der Waals surface area contributed by atoms with Gasteiger partial charge in [0, 0.05) is 19.5 Å². The van der Waals surface area contributed by atoms with Gasteiger partial charge >= 0.3 is 6.03 Å². The number of rotatable bonds is 8. The maximum Gasteiger partial charge on any atom is 0.344 e. The molecule has 0 aromatic heterocycles. The van der Waals surface area contributed by atoms with Gasteiger partial charge in [-0.05, 0) is 24.8 Å². The molecule has 0 radical (unpaired) electrons. The van der Waals surface area contributed by atoms with E-state index in [0.29, 0.717) is 32.0 Å². The summed E-state index contributed by atoms with van der Waals surface area (Å²) in [5.41, 5.74) is 12.2. The standard InChI is InChI=1S/C18H25N5O3/c19-16(24)7-4-10-21-17(20)15-9-8-14-11-22(15)18(25)23(14)26-12-13-5-2-1-3-6-13/h1-3,5-6,14-15H,4,7-12H2,(H2,19,24)(H2,20,21)/t14-,15+/m1/s1. The highest BCUT2D eigenvalue weighted by molar-refractivity contribution is 5.91. The molecule has 2 bridgehead atoms. The summed E-state index contributed by atoms with van der Waals surface area (Å²) in [6.45, 7) is 1.39. The Labute approximate surface area is 152 Å². The van der Waals surface area contributed by atoms with Gasteiger partial charge < -0.3 is 16.4 Å². The van der Waals surface area contributed by atoms with Crippen LogP contribution in [0.2, 0.25) is 0 Å². The second-order valence-corrected chi connectivity index (χ2v) is 6.64. The van der Waals surface area contributed by atoms with Crippen molar-refractivity contribution in [1.29, 1.82) is 0 Å². The van der Waals surface area contributed by atoms with Gasteiger partial charge in [-0.2, -0.15) is 5.06 Å². The highest BCUT2D eigenvalue weighted by Crippen LogP contribution is 2.30. The zero-order valence-corrected chi connectivity index (χ0v) is 14.7. The molecular weight excluding hydrogens is 334 g/mol. The van der Waals surface area contributed by atoms with Crippen LogP contribution in [0.15, 0.2) is 35.3 Å². The third kappa shape index (κ3) is 4.13. The first-order valence-electron chi connectivity index (χ1n) is 8.91. The second kappa shape index (κ2) is 8.18. The van der Waals surface area contributed by atoms with Crippen LogP contribution in [0.3, 0.4) is 0 Å². The Morgan fingerprint density at radius 3 is 2.73 bits per heavy atom. The summed E-state index contributed by atoms with van der Waals surface area (Å²) in [4.78, 5) is 35.3. The molecule has 2 fully saturated rings. The quantitative estimate of drug-likeness (QED) is 0.409. The molecule has 2 aliphatic rings. The van der Waals surface area contributed by atoms with Gasteiger partial charge in [0.05, 0.1) is 12.1 Å². The van der Waals surface area contributed by atoms with Crippen LogP contribution in [0.5, 0.6) is 0 Å². The summed E-state index contributed by atoms with van der Waals surface area (Å²) in [5.74, 6) is 0.0892. The number of benzene rings is 1. The number of hydroxylamine groups is 2. The van der Waals surface area contributed by atoms with Gasteiger partial charge in [0.15, 0.2) is 0 Å². The molecule has 26 heavy (non-hydrogen) atoms. The molecule has 0 aliphatic carbocycles. The van der Waals surface area contributed by atoms with Crippen LogP contribution in [0, 0.1) is 0 Å². The van der Waals surface area contributed by atoms with Crippen LogP contribution in [0.4, 0.5) is 4.79 Å². The van der Waals surface area contributed by atoms with E-state index in [1.807, 2.05) is 30.3 Å². The van der Waals surface area contributed by atoms with Gasteiger partial charge in [-0.25, -0.2) is 4.79 Å². The number of fused-ring (bicyclic) bond motifs is 2. The molecule has 3 rings (SSSR count). The first-order valence-corrected chi connectivity index (χ1v) is 8.91. The minimum Gasteiger partial charge on any atom is -0.386 e. The summed E-state index contributed by atoms with van der Waals surface area (Å²) in [6, 6.07) is 9.43. The third-order valence-corrected chi connectivity index (χ3v) is 4.75. The Morgan fingerprint density at radius 2 is 2.00 bits per heavy atom. The van der Waals surface area contributed by atoms with Gasteiger partial charge in [-0.1, -0.05) is 30.3 Å². The predicted molar refractivity (Wildman–Crippen MR) is 96.9 cm³/mol. The number of carbonyl (C=O) groups excluding carboxylic acids is 2. The third-order valence-electron chi connectivity index (χ3n) is 4.75. The summed E-state index contributed by atoms with van der Waals surface area (Å²) in [6.07, 6.45) is 2.42. The molecule has 140 valence electrons. The molecular formula is C18H25N5O3. The van der Waals surface area contributed by atoms with Crippen molar-refractivity contribution in [2.45, 2.75) is 44.4 Å². The summed E-state index contributed by atoms with van der Waals surface area (Å²) >= 11 is 0. The van der Waals surface area contributed by atoms with E-state index in [1.165, 1.54) is 5.06 Å². The zero-order valence-electron chi connectivity index (χ0n) is 14.7. The molecule has 2 heterocycles. The SMILES string of the molecule is NC(=O)CCCN=C(N)[C@@H]1CC[C@@H]2CN1C(=O)N2OCc1ccccc1. The summed E-state index contributed by atoms with van der Waals surface area (Å²) in [7, 11) is 0. The number of hydrogen-bond acceptors (Lipinski definition) is 4. The van der Waals surface area contributed by atoms with Crippen molar-refractivity contribution >= 4 is 17.8 Å². The molecule has 0 saturated carbocycles. The van der Waals surface area contributed by atoms with Gasteiger partial charge in [-0.15, -0.1) is 0 Å². The smallest absolute Gasteiger partial charge is 0.344 e. The monoisotopic (exact) mass is 359 g/mol. The van der Waals surface area contributed by atoms with Crippen LogP contribution >= 0.6 is 0 Å². The van der Waals surface area contributed by atoms with E-state index in [0.717, 1.165) is 18.4 Å². The van der Waals surface area contributed by atoms with E-state index in [-0.39, 0.29) is 30.4 Å². The van der Waals surface area contributed by atoms with Crippen LogP contribution in [-0.4, -0.2) is 52.9 Å². The van der Waals surface area contributed by atoms with Crippen LogP contribution < -0.4 is 11.5 Å². The van der Waals surface area contributed by atoms with E-state index in [9.17, 15) is 9.59 Å². The Balaban J connectivity index is 1.57. The highest BCUT2D eigenvalue weighted by atomic mass is 16.7. The lowest BCUT2D eigenvalue weighted by Gasteiger charge is -2.29. The number of amidine groups is 1. The number of piperidine rings is 1.